The second kappa shape index (κ2) is 9.45. The van der Waals surface area contributed by atoms with Gasteiger partial charge in [-0.15, -0.1) is 0 Å². The van der Waals surface area contributed by atoms with Gasteiger partial charge in [0.2, 0.25) is 5.91 Å². The number of aromatic amines is 1. The van der Waals surface area contributed by atoms with Gasteiger partial charge in [0.1, 0.15) is 0 Å². The van der Waals surface area contributed by atoms with Crippen LogP contribution in [0, 0.1) is 0 Å². The molecule has 0 aliphatic rings. The fourth-order valence-corrected chi connectivity index (χ4v) is 2.69. The summed E-state index contributed by atoms with van der Waals surface area (Å²) in [7, 11) is 0. The van der Waals surface area contributed by atoms with Crippen molar-refractivity contribution in [3.8, 4) is 0 Å². The van der Waals surface area contributed by atoms with Gasteiger partial charge in [-0.25, -0.2) is 4.98 Å². The summed E-state index contributed by atoms with van der Waals surface area (Å²) in [6.45, 7) is 1.78. The molecule has 0 unspecified atom stereocenters. The summed E-state index contributed by atoms with van der Waals surface area (Å²) in [4.78, 5) is 42.9. The number of carbonyl (C=O) groups excluding carboxylic acids is 2. The Balaban J connectivity index is 1.48. The highest BCUT2D eigenvalue weighted by Gasteiger charge is 2.15. The van der Waals surface area contributed by atoms with Gasteiger partial charge in [-0.2, -0.15) is 0 Å². The Bertz CT molecular complexity index is 1090. The maximum atomic E-state index is 12.1. The molecule has 7 heteroatoms. The second-order valence-electron chi connectivity index (χ2n) is 6.39. The first-order chi connectivity index (χ1) is 14.0. The van der Waals surface area contributed by atoms with Crippen LogP contribution in [0.4, 0.5) is 0 Å². The number of nitrogens with one attached hydrogen (secondary N) is 2. The van der Waals surface area contributed by atoms with E-state index in [1.807, 2.05) is 30.3 Å². The molecule has 0 radical (unpaired) electrons. The fraction of sp³-hybridized carbons (Fsp3) is 0.182. The van der Waals surface area contributed by atoms with Gasteiger partial charge < -0.3 is 15.0 Å². The van der Waals surface area contributed by atoms with Crippen LogP contribution in [0.5, 0.6) is 0 Å². The van der Waals surface area contributed by atoms with E-state index in [0.29, 0.717) is 10.9 Å². The fourth-order valence-electron chi connectivity index (χ4n) is 2.69. The summed E-state index contributed by atoms with van der Waals surface area (Å²) in [5, 5.41) is 3.10. The lowest BCUT2D eigenvalue weighted by molar-refractivity contribution is -0.148. The molecular weight excluding hydrogens is 370 g/mol. The summed E-state index contributed by atoms with van der Waals surface area (Å²) in [5.41, 5.74) is 1.16. The minimum Gasteiger partial charge on any atom is -0.454 e. The molecule has 3 aromatic rings. The Hall–Kier alpha value is -3.74. The summed E-state index contributed by atoms with van der Waals surface area (Å²) in [5.74, 6) is -0.521. The zero-order valence-corrected chi connectivity index (χ0v) is 15.9. The number of hydrogen-bond acceptors (Lipinski definition) is 5. The molecule has 1 aromatic heterocycles. The van der Waals surface area contributed by atoms with Crippen LogP contribution in [0.1, 0.15) is 30.8 Å². The number of carbonyl (C=O) groups is 2. The molecule has 1 atom stereocenters. The maximum Gasteiger partial charge on any atom is 0.308 e. The van der Waals surface area contributed by atoms with Crippen molar-refractivity contribution < 1.29 is 14.3 Å². The van der Waals surface area contributed by atoms with Gasteiger partial charge in [0.05, 0.1) is 17.3 Å². The quantitative estimate of drug-likeness (QED) is 0.476. The van der Waals surface area contributed by atoms with Gasteiger partial charge >= 0.3 is 5.97 Å². The minimum absolute atomic E-state index is 0.00701. The first kappa shape index (κ1) is 20.0. The summed E-state index contributed by atoms with van der Waals surface area (Å²) in [6.07, 6.45) is 2.39. The summed E-state index contributed by atoms with van der Waals surface area (Å²) < 4.78 is 5.31. The Labute approximate surface area is 167 Å². The van der Waals surface area contributed by atoms with Crippen LogP contribution in [0.2, 0.25) is 0 Å². The number of esters is 1. The van der Waals surface area contributed by atoms with Gasteiger partial charge in [0.15, 0.2) is 11.9 Å². The zero-order chi connectivity index (χ0) is 20.6. The van der Waals surface area contributed by atoms with Gasteiger partial charge in [-0.1, -0.05) is 42.5 Å². The van der Waals surface area contributed by atoms with Gasteiger partial charge in [0.25, 0.3) is 5.56 Å². The van der Waals surface area contributed by atoms with E-state index in [1.54, 1.807) is 37.3 Å². The standard InChI is InChI=1S/C22H21N3O4/c1-15(21-24-18-10-6-5-9-17(18)22(28)25-21)29-20(27)13-14-23-19(26)12-11-16-7-3-2-4-8-16/h2-12,15H,13-14H2,1H3,(H,23,26)(H,24,25,28)/b12-11+/t15-/m1/s1. The lowest BCUT2D eigenvalue weighted by atomic mass is 10.2. The highest BCUT2D eigenvalue weighted by atomic mass is 16.5. The largest absolute Gasteiger partial charge is 0.454 e. The van der Waals surface area contributed by atoms with E-state index in [1.165, 1.54) is 6.08 Å². The topological polar surface area (TPSA) is 101 Å². The van der Waals surface area contributed by atoms with Crippen molar-refractivity contribution in [2.75, 3.05) is 6.54 Å². The van der Waals surface area contributed by atoms with Crippen molar-refractivity contribution in [1.29, 1.82) is 0 Å². The van der Waals surface area contributed by atoms with E-state index >= 15 is 0 Å². The number of rotatable bonds is 7. The third kappa shape index (κ3) is 5.62. The first-order valence-corrected chi connectivity index (χ1v) is 9.22. The van der Waals surface area contributed by atoms with Crippen LogP contribution >= 0.6 is 0 Å². The average Bonchev–Trinajstić information content (AvgIpc) is 2.73. The van der Waals surface area contributed by atoms with E-state index in [-0.39, 0.29) is 30.3 Å². The molecule has 0 spiro atoms. The number of fused-ring (bicyclic) bond motifs is 1. The van der Waals surface area contributed by atoms with E-state index in [2.05, 4.69) is 15.3 Å². The third-order valence-electron chi connectivity index (χ3n) is 4.18. The number of amides is 1. The average molecular weight is 391 g/mol. The van der Waals surface area contributed by atoms with Crippen molar-refractivity contribution in [2.24, 2.45) is 0 Å². The minimum atomic E-state index is -0.714. The molecule has 0 aliphatic carbocycles. The molecule has 29 heavy (non-hydrogen) atoms. The van der Waals surface area contributed by atoms with Gasteiger partial charge in [-0.3, -0.25) is 14.4 Å². The highest BCUT2D eigenvalue weighted by Crippen LogP contribution is 2.14. The van der Waals surface area contributed by atoms with Crippen LogP contribution in [-0.4, -0.2) is 28.4 Å². The van der Waals surface area contributed by atoms with Crippen LogP contribution < -0.4 is 10.9 Å². The molecule has 0 saturated carbocycles. The van der Waals surface area contributed by atoms with E-state index in [0.717, 1.165) is 5.56 Å². The molecule has 7 nitrogen and oxygen atoms in total. The van der Waals surface area contributed by atoms with Gasteiger partial charge in [-0.05, 0) is 30.7 Å². The second-order valence-corrected chi connectivity index (χ2v) is 6.39. The predicted octanol–water partition coefficient (Wildman–Crippen LogP) is 2.75. The van der Waals surface area contributed by atoms with Crippen LogP contribution in [0.15, 0.2) is 65.5 Å². The van der Waals surface area contributed by atoms with E-state index in [9.17, 15) is 14.4 Å². The smallest absolute Gasteiger partial charge is 0.308 e. The first-order valence-electron chi connectivity index (χ1n) is 9.22. The molecule has 148 valence electrons. The monoisotopic (exact) mass is 391 g/mol. The number of para-hydroxylation sites is 1. The van der Waals surface area contributed by atoms with Gasteiger partial charge in [0, 0.05) is 12.6 Å². The molecular formula is C22H21N3O4. The SMILES string of the molecule is C[C@@H](OC(=O)CCNC(=O)/C=C/c1ccccc1)c1nc2ccccc2c(=O)[nH]1. The summed E-state index contributed by atoms with van der Waals surface area (Å²) in [6, 6.07) is 16.4. The van der Waals surface area contributed by atoms with E-state index in [4.69, 9.17) is 4.74 Å². The number of nitrogens with zero attached hydrogens (tertiary/aromatic N) is 1. The number of hydrogen-bond donors (Lipinski definition) is 2. The number of aromatic nitrogens is 2. The molecule has 1 heterocycles. The van der Waals surface area contributed by atoms with Crippen molar-refractivity contribution in [3.63, 3.8) is 0 Å². The zero-order valence-electron chi connectivity index (χ0n) is 15.9. The molecule has 0 saturated heterocycles. The Morgan fingerprint density at radius 1 is 1.14 bits per heavy atom. The molecule has 2 aromatic carbocycles. The Morgan fingerprint density at radius 3 is 2.66 bits per heavy atom. The molecule has 3 rings (SSSR count). The Morgan fingerprint density at radius 2 is 1.86 bits per heavy atom. The molecule has 0 fully saturated rings. The normalized spacial score (nSPS) is 12.0. The number of ether oxygens (including phenoxy) is 1. The lowest BCUT2D eigenvalue weighted by Gasteiger charge is -2.13. The van der Waals surface area contributed by atoms with Crippen LogP contribution in [0.25, 0.3) is 17.0 Å². The lowest BCUT2D eigenvalue weighted by Crippen LogP contribution is -2.25. The predicted molar refractivity (Wildman–Crippen MR) is 110 cm³/mol. The maximum absolute atomic E-state index is 12.1. The molecule has 0 aliphatic heterocycles. The molecule has 1 amide bonds. The van der Waals surface area contributed by atoms with Crippen LogP contribution in [-0.2, 0) is 14.3 Å². The van der Waals surface area contributed by atoms with Crippen molar-refractivity contribution >= 4 is 28.9 Å². The molecule has 2 N–H and O–H groups in total. The van der Waals surface area contributed by atoms with Crippen molar-refractivity contribution in [2.45, 2.75) is 19.4 Å². The van der Waals surface area contributed by atoms with Crippen molar-refractivity contribution in [1.82, 2.24) is 15.3 Å². The number of H-pyrrole nitrogens is 1. The Kier molecular flexibility index (Phi) is 6.52. The third-order valence-corrected chi connectivity index (χ3v) is 4.18. The number of benzene rings is 2. The van der Waals surface area contributed by atoms with E-state index < -0.39 is 12.1 Å². The van der Waals surface area contributed by atoms with Crippen LogP contribution in [0.3, 0.4) is 0 Å². The van der Waals surface area contributed by atoms with Crippen molar-refractivity contribution in [3.05, 3.63) is 82.4 Å². The highest BCUT2D eigenvalue weighted by molar-refractivity contribution is 5.91. The molecule has 0 bridgehead atoms. The summed E-state index contributed by atoms with van der Waals surface area (Å²) >= 11 is 0.